The van der Waals surface area contributed by atoms with E-state index in [1.165, 1.54) is 0 Å². The topological polar surface area (TPSA) is 73.6 Å². The number of amides is 1. The van der Waals surface area contributed by atoms with Crippen LogP contribution in [-0.2, 0) is 14.3 Å². The van der Waals surface area contributed by atoms with Gasteiger partial charge in [-0.1, -0.05) is 0 Å². The second-order valence-corrected chi connectivity index (χ2v) is 3.56. The van der Waals surface area contributed by atoms with Crippen molar-refractivity contribution >= 4 is 5.91 Å². The van der Waals surface area contributed by atoms with Crippen LogP contribution in [-0.4, -0.2) is 44.9 Å². The summed E-state index contributed by atoms with van der Waals surface area (Å²) in [6.07, 6.45) is 1.41. The van der Waals surface area contributed by atoms with Crippen LogP contribution in [0.2, 0.25) is 0 Å². The highest BCUT2D eigenvalue weighted by Crippen LogP contribution is 2.15. The van der Waals surface area contributed by atoms with Crippen LogP contribution >= 0.6 is 0 Å². The fourth-order valence-corrected chi connectivity index (χ4v) is 1.35. The van der Waals surface area contributed by atoms with Gasteiger partial charge >= 0.3 is 0 Å². The molecule has 1 fully saturated rings. The Labute approximate surface area is 83.9 Å². The van der Waals surface area contributed by atoms with Gasteiger partial charge in [0.1, 0.15) is 5.54 Å². The molecule has 0 spiro atoms. The van der Waals surface area contributed by atoms with Crippen LogP contribution in [0.25, 0.3) is 0 Å². The third kappa shape index (κ3) is 2.94. The molecule has 1 unspecified atom stereocenters. The van der Waals surface area contributed by atoms with E-state index in [0.717, 1.165) is 6.42 Å². The van der Waals surface area contributed by atoms with Crippen molar-refractivity contribution in [1.82, 2.24) is 5.32 Å². The van der Waals surface area contributed by atoms with Crippen LogP contribution in [0, 0.1) is 0 Å². The lowest BCUT2D eigenvalue weighted by Crippen LogP contribution is -2.54. The van der Waals surface area contributed by atoms with E-state index in [-0.39, 0.29) is 5.91 Å². The van der Waals surface area contributed by atoms with Crippen LogP contribution in [0.1, 0.15) is 12.8 Å². The fourth-order valence-electron chi connectivity index (χ4n) is 1.35. The zero-order chi connectivity index (χ0) is 10.4. The van der Waals surface area contributed by atoms with Crippen molar-refractivity contribution in [3.63, 3.8) is 0 Å². The van der Waals surface area contributed by atoms with Crippen molar-refractivity contribution in [1.29, 1.82) is 0 Å². The fraction of sp³-hybridized carbons (Fsp3) is 0.889. The first-order valence-electron chi connectivity index (χ1n) is 4.83. The Morgan fingerprint density at radius 2 is 2.50 bits per heavy atom. The van der Waals surface area contributed by atoms with Crippen molar-refractivity contribution in [3.05, 3.63) is 0 Å². The summed E-state index contributed by atoms with van der Waals surface area (Å²) in [5, 5.41) is 2.78. The zero-order valence-corrected chi connectivity index (χ0v) is 8.54. The predicted molar refractivity (Wildman–Crippen MR) is 51.9 cm³/mol. The third-order valence-electron chi connectivity index (χ3n) is 2.32. The molecule has 0 aromatic rings. The van der Waals surface area contributed by atoms with Gasteiger partial charge in [0.05, 0.1) is 6.61 Å². The molecule has 0 aromatic heterocycles. The Hall–Kier alpha value is -0.650. The molecule has 0 aromatic carbocycles. The molecular weight excluding hydrogens is 184 g/mol. The minimum atomic E-state index is -0.812. The van der Waals surface area contributed by atoms with E-state index in [9.17, 15) is 4.79 Å². The minimum Gasteiger partial charge on any atom is -0.385 e. The van der Waals surface area contributed by atoms with Crippen LogP contribution < -0.4 is 11.1 Å². The van der Waals surface area contributed by atoms with E-state index in [4.69, 9.17) is 15.2 Å². The monoisotopic (exact) mass is 202 g/mol. The Morgan fingerprint density at radius 3 is 3.07 bits per heavy atom. The van der Waals surface area contributed by atoms with Crippen LogP contribution in [0.4, 0.5) is 0 Å². The molecule has 1 aliphatic rings. The van der Waals surface area contributed by atoms with Gasteiger partial charge in [0.2, 0.25) is 5.91 Å². The van der Waals surface area contributed by atoms with Gasteiger partial charge in [-0.3, -0.25) is 4.79 Å². The highest BCUT2D eigenvalue weighted by atomic mass is 16.5. The SMILES string of the molecule is COCCCNC(=O)C1(N)CCOC1. The van der Waals surface area contributed by atoms with E-state index >= 15 is 0 Å². The normalized spacial score (nSPS) is 26.4. The van der Waals surface area contributed by atoms with E-state index < -0.39 is 5.54 Å². The highest BCUT2D eigenvalue weighted by molar-refractivity contribution is 5.86. The largest absolute Gasteiger partial charge is 0.385 e. The van der Waals surface area contributed by atoms with E-state index in [1.54, 1.807) is 7.11 Å². The lowest BCUT2D eigenvalue weighted by atomic mass is 9.99. The predicted octanol–water partition coefficient (Wildman–Crippen LogP) is -0.743. The molecule has 1 atom stereocenters. The summed E-state index contributed by atoms with van der Waals surface area (Å²) in [4.78, 5) is 11.6. The summed E-state index contributed by atoms with van der Waals surface area (Å²) in [5.74, 6) is -0.119. The molecule has 1 amide bonds. The minimum absolute atomic E-state index is 0.119. The van der Waals surface area contributed by atoms with Crippen LogP contribution in [0.3, 0.4) is 0 Å². The van der Waals surface area contributed by atoms with E-state index in [0.29, 0.717) is 32.8 Å². The van der Waals surface area contributed by atoms with Gasteiger partial charge in [0.15, 0.2) is 0 Å². The summed E-state index contributed by atoms with van der Waals surface area (Å²) in [6, 6.07) is 0. The molecule has 82 valence electrons. The second kappa shape index (κ2) is 5.29. The molecule has 0 bridgehead atoms. The number of hydrogen-bond acceptors (Lipinski definition) is 4. The quantitative estimate of drug-likeness (QED) is 0.576. The van der Waals surface area contributed by atoms with Gasteiger partial charge in [0.25, 0.3) is 0 Å². The average Bonchev–Trinajstić information content (AvgIpc) is 2.61. The first-order chi connectivity index (χ1) is 6.69. The molecule has 14 heavy (non-hydrogen) atoms. The van der Waals surface area contributed by atoms with Crippen molar-refractivity contribution in [3.8, 4) is 0 Å². The maximum absolute atomic E-state index is 11.6. The molecule has 0 radical (unpaired) electrons. The number of hydrogen-bond donors (Lipinski definition) is 2. The number of rotatable bonds is 5. The van der Waals surface area contributed by atoms with E-state index in [2.05, 4.69) is 5.32 Å². The number of methoxy groups -OCH3 is 1. The Morgan fingerprint density at radius 1 is 1.71 bits per heavy atom. The van der Waals surface area contributed by atoms with Gasteiger partial charge in [-0.15, -0.1) is 0 Å². The third-order valence-corrected chi connectivity index (χ3v) is 2.32. The highest BCUT2D eigenvalue weighted by Gasteiger charge is 2.37. The maximum atomic E-state index is 11.6. The maximum Gasteiger partial charge on any atom is 0.242 e. The van der Waals surface area contributed by atoms with Crippen molar-refractivity contribution in [2.75, 3.05) is 33.5 Å². The summed E-state index contributed by atoms with van der Waals surface area (Å²) >= 11 is 0. The molecule has 5 heteroatoms. The Balaban J connectivity index is 2.20. The van der Waals surface area contributed by atoms with Crippen molar-refractivity contribution < 1.29 is 14.3 Å². The van der Waals surface area contributed by atoms with Gasteiger partial charge < -0.3 is 20.5 Å². The van der Waals surface area contributed by atoms with Crippen LogP contribution in [0.5, 0.6) is 0 Å². The standard InChI is InChI=1S/C9H18N2O3/c1-13-5-2-4-11-8(12)9(10)3-6-14-7-9/h2-7,10H2,1H3,(H,11,12). The van der Waals surface area contributed by atoms with Crippen LogP contribution in [0.15, 0.2) is 0 Å². The molecule has 3 N–H and O–H groups in total. The zero-order valence-electron chi connectivity index (χ0n) is 8.54. The molecule has 1 saturated heterocycles. The number of carbonyl (C=O) groups excluding carboxylic acids is 1. The van der Waals surface area contributed by atoms with E-state index in [1.807, 2.05) is 0 Å². The first kappa shape index (κ1) is 11.4. The lowest BCUT2D eigenvalue weighted by molar-refractivity contribution is -0.126. The van der Waals surface area contributed by atoms with Gasteiger partial charge in [-0.05, 0) is 12.8 Å². The van der Waals surface area contributed by atoms with Gasteiger partial charge in [-0.2, -0.15) is 0 Å². The molecule has 1 heterocycles. The lowest BCUT2D eigenvalue weighted by Gasteiger charge is -2.20. The number of carbonyl (C=O) groups is 1. The Bertz CT molecular complexity index is 190. The van der Waals surface area contributed by atoms with Crippen molar-refractivity contribution in [2.45, 2.75) is 18.4 Å². The van der Waals surface area contributed by atoms with Gasteiger partial charge in [-0.25, -0.2) is 0 Å². The summed E-state index contributed by atoms with van der Waals surface area (Å²) in [7, 11) is 1.64. The number of ether oxygens (including phenoxy) is 2. The molecule has 1 rings (SSSR count). The first-order valence-corrected chi connectivity index (χ1v) is 4.83. The molecule has 5 nitrogen and oxygen atoms in total. The smallest absolute Gasteiger partial charge is 0.242 e. The summed E-state index contributed by atoms with van der Waals surface area (Å²) in [6.45, 7) is 2.14. The number of nitrogens with two attached hydrogens (primary N) is 1. The second-order valence-electron chi connectivity index (χ2n) is 3.56. The summed E-state index contributed by atoms with van der Waals surface area (Å²) < 4.78 is 9.97. The summed E-state index contributed by atoms with van der Waals surface area (Å²) in [5.41, 5.74) is 5.04. The van der Waals surface area contributed by atoms with Gasteiger partial charge in [0, 0.05) is 26.9 Å². The molecule has 0 saturated carbocycles. The average molecular weight is 202 g/mol. The molecule has 1 aliphatic heterocycles. The van der Waals surface area contributed by atoms with Crippen molar-refractivity contribution in [2.24, 2.45) is 5.73 Å². The molecule has 0 aliphatic carbocycles. The Kier molecular flexibility index (Phi) is 4.31. The molecular formula is C9H18N2O3. The number of nitrogens with one attached hydrogen (secondary N) is 1.